The summed E-state index contributed by atoms with van der Waals surface area (Å²) in [6.07, 6.45) is 7.80. The summed E-state index contributed by atoms with van der Waals surface area (Å²) in [4.78, 5) is 14.4. The van der Waals surface area contributed by atoms with E-state index < -0.39 is 5.60 Å². The maximum Gasteiger partial charge on any atom is 0.225 e. The van der Waals surface area contributed by atoms with E-state index in [1.165, 1.54) is 43.2 Å². The number of benzene rings is 1. The first kappa shape index (κ1) is 15.9. The van der Waals surface area contributed by atoms with Gasteiger partial charge in [-0.25, -0.2) is 0 Å². The van der Waals surface area contributed by atoms with Gasteiger partial charge in [0, 0.05) is 24.4 Å². The number of carbonyl (C=O) groups is 1. The third-order valence-corrected chi connectivity index (χ3v) is 7.08. The predicted octanol–water partition coefficient (Wildman–Crippen LogP) is 3.51. The van der Waals surface area contributed by atoms with Crippen LogP contribution in [0.3, 0.4) is 0 Å². The molecule has 25 heavy (non-hydrogen) atoms. The Kier molecular flexibility index (Phi) is 3.38. The highest BCUT2D eigenvalue weighted by atomic mass is 16.3. The number of aliphatic hydroxyl groups is 1. The van der Waals surface area contributed by atoms with Gasteiger partial charge in [-0.2, -0.15) is 0 Å². The topological polar surface area (TPSA) is 40.5 Å². The van der Waals surface area contributed by atoms with Crippen molar-refractivity contribution in [3.8, 4) is 0 Å². The number of carbonyl (C=O) groups excluding carboxylic acids is 1. The zero-order valence-corrected chi connectivity index (χ0v) is 15.2. The van der Waals surface area contributed by atoms with Gasteiger partial charge in [0.05, 0.1) is 5.60 Å². The van der Waals surface area contributed by atoms with Gasteiger partial charge in [-0.05, 0) is 74.8 Å². The second kappa shape index (κ2) is 5.33. The van der Waals surface area contributed by atoms with Gasteiger partial charge < -0.3 is 10.0 Å². The highest BCUT2D eigenvalue weighted by Crippen LogP contribution is 2.54. The molecule has 0 radical (unpaired) electrons. The van der Waals surface area contributed by atoms with Crippen molar-refractivity contribution in [3.63, 3.8) is 0 Å². The minimum Gasteiger partial charge on any atom is -0.390 e. The van der Waals surface area contributed by atoms with E-state index in [4.69, 9.17) is 0 Å². The molecule has 1 aliphatic heterocycles. The first-order valence-electron chi connectivity index (χ1n) is 10.0. The number of rotatable bonds is 4. The summed E-state index contributed by atoms with van der Waals surface area (Å²) in [6.45, 7) is 3.76. The highest BCUT2D eigenvalue weighted by Gasteiger charge is 2.55. The lowest BCUT2D eigenvalue weighted by molar-refractivity contribution is -0.171. The van der Waals surface area contributed by atoms with Crippen LogP contribution in [0.1, 0.15) is 62.5 Å². The summed E-state index contributed by atoms with van der Waals surface area (Å²) in [7, 11) is 0. The molecule has 1 amide bonds. The molecule has 134 valence electrons. The maximum absolute atomic E-state index is 12.4. The van der Waals surface area contributed by atoms with Crippen molar-refractivity contribution in [2.24, 2.45) is 17.3 Å². The molecule has 1 heterocycles. The molecule has 3 heteroatoms. The van der Waals surface area contributed by atoms with E-state index >= 15 is 0 Å². The second-order valence-electron chi connectivity index (χ2n) is 9.79. The van der Waals surface area contributed by atoms with Crippen molar-refractivity contribution in [2.75, 3.05) is 13.1 Å². The fraction of sp³-hybridized carbons (Fsp3) is 0.682. The molecular weight excluding hydrogens is 310 g/mol. The van der Waals surface area contributed by atoms with Crippen molar-refractivity contribution < 1.29 is 9.90 Å². The molecule has 3 saturated carbocycles. The molecule has 3 aliphatic carbocycles. The highest BCUT2D eigenvalue weighted by molar-refractivity contribution is 5.81. The number of hydrogen-bond donors (Lipinski definition) is 1. The first-order chi connectivity index (χ1) is 11.9. The Bertz CT molecular complexity index is 666. The standard InChI is InChI=1S/C22H29NO2/c1-21(25)11-19(12-21)20(24)23-13-22(14-23)9-16(10-22)8-15-2-4-17(5-3-15)18-6-7-18/h2-5,16,18-19,25H,6-14H2,1H3. The van der Waals surface area contributed by atoms with Crippen molar-refractivity contribution in [1.82, 2.24) is 4.90 Å². The normalized spacial score (nSPS) is 33.5. The van der Waals surface area contributed by atoms with Gasteiger partial charge in [0.2, 0.25) is 5.91 Å². The first-order valence-corrected chi connectivity index (χ1v) is 10.0. The predicted molar refractivity (Wildman–Crippen MR) is 97.2 cm³/mol. The van der Waals surface area contributed by atoms with Crippen molar-refractivity contribution >= 4 is 5.91 Å². The number of amides is 1. The Labute approximate surface area is 150 Å². The Balaban J connectivity index is 1.08. The van der Waals surface area contributed by atoms with Crippen molar-refractivity contribution in [3.05, 3.63) is 35.4 Å². The van der Waals surface area contributed by atoms with Crippen LogP contribution in [0.2, 0.25) is 0 Å². The summed E-state index contributed by atoms with van der Waals surface area (Å²) < 4.78 is 0. The average Bonchev–Trinajstić information content (AvgIpc) is 3.30. The summed E-state index contributed by atoms with van der Waals surface area (Å²) in [5.41, 5.74) is 2.84. The van der Waals surface area contributed by atoms with Crippen LogP contribution in [0.5, 0.6) is 0 Å². The lowest BCUT2D eigenvalue weighted by Crippen LogP contribution is -2.66. The summed E-state index contributed by atoms with van der Waals surface area (Å²) in [5, 5.41) is 9.82. The summed E-state index contributed by atoms with van der Waals surface area (Å²) >= 11 is 0. The molecule has 1 saturated heterocycles. The minimum atomic E-state index is -0.598. The third kappa shape index (κ3) is 2.91. The molecule has 3 nitrogen and oxygen atoms in total. The van der Waals surface area contributed by atoms with Crippen LogP contribution in [-0.4, -0.2) is 34.6 Å². The smallest absolute Gasteiger partial charge is 0.225 e. The van der Waals surface area contributed by atoms with E-state index in [1.807, 2.05) is 11.8 Å². The van der Waals surface area contributed by atoms with Crippen molar-refractivity contribution in [2.45, 2.75) is 63.4 Å². The number of likely N-dealkylation sites (tertiary alicyclic amines) is 1. The molecular formula is C22H29NO2. The van der Waals surface area contributed by atoms with Crippen LogP contribution in [0.4, 0.5) is 0 Å². The van der Waals surface area contributed by atoms with Gasteiger partial charge >= 0.3 is 0 Å². The van der Waals surface area contributed by atoms with Crippen LogP contribution in [0, 0.1) is 17.3 Å². The van der Waals surface area contributed by atoms with Crippen molar-refractivity contribution in [1.29, 1.82) is 0 Å². The van der Waals surface area contributed by atoms with E-state index in [2.05, 4.69) is 24.3 Å². The number of hydrogen-bond acceptors (Lipinski definition) is 2. The molecule has 1 spiro atoms. The Hall–Kier alpha value is -1.35. The van der Waals surface area contributed by atoms with Crippen LogP contribution in [-0.2, 0) is 11.2 Å². The zero-order valence-electron chi connectivity index (χ0n) is 15.2. The average molecular weight is 339 g/mol. The van der Waals surface area contributed by atoms with Gasteiger partial charge in [0.25, 0.3) is 0 Å². The molecule has 4 aliphatic rings. The Morgan fingerprint density at radius 1 is 1.12 bits per heavy atom. The maximum atomic E-state index is 12.4. The molecule has 1 aromatic rings. The van der Waals surface area contributed by atoms with Crippen LogP contribution < -0.4 is 0 Å². The fourth-order valence-corrected chi connectivity index (χ4v) is 5.60. The summed E-state index contributed by atoms with van der Waals surface area (Å²) in [5.74, 6) is 2.01. The Morgan fingerprint density at radius 3 is 2.32 bits per heavy atom. The molecule has 0 aromatic heterocycles. The second-order valence-corrected chi connectivity index (χ2v) is 9.79. The van der Waals surface area contributed by atoms with Crippen LogP contribution >= 0.6 is 0 Å². The molecule has 0 bridgehead atoms. The van der Waals surface area contributed by atoms with Crippen LogP contribution in [0.15, 0.2) is 24.3 Å². The zero-order chi connectivity index (χ0) is 17.2. The largest absolute Gasteiger partial charge is 0.390 e. The SMILES string of the molecule is CC1(O)CC(C(=O)N2CC3(CC(Cc4ccc(C5CC5)cc4)C3)C2)C1. The monoisotopic (exact) mass is 339 g/mol. The molecule has 5 rings (SSSR count). The fourth-order valence-electron chi connectivity index (χ4n) is 5.60. The minimum absolute atomic E-state index is 0.0770. The molecule has 1 aromatic carbocycles. The molecule has 4 fully saturated rings. The van der Waals surface area contributed by atoms with Gasteiger partial charge in [-0.3, -0.25) is 4.79 Å². The third-order valence-electron chi connectivity index (χ3n) is 7.08. The molecule has 0 atom stereocenters. The Morgan fingerprint density at radius 2 is 1.76 bits per heavy atom. The molecule has 1 N–H and O–H groups in total. The van der Waals surface area contributed by atoms with E-state index in [0.29, 0.717) is 18.3 Å². The van der Waals surface area contributed by atoms with Crippen LogP contribution in [0.25, 0.3) is 0 Å². The van der Waals surface area contributed by atoms with Gasteiger partial charge in [-0.15, -0.1) is 0 Å². The van der Waals surface area contributed by atoms with E-state index in [0.717, 1.165) is 24.9 Å². The lowest BCUT2D eigenvalue weighted by atomic mass is 9.56. The van der Waals surface area contributed by atoms with Gasteiger partial charge in [0.1, 0.15) is 0 Å². The molecule has 0 unspecified atom stereocenters. The van der Waals surface area contributed by atoms with Gasteiger partial charge in [0.15, 0.2) is 0 Å². The summed E-state index contributed by atoms with van der Waals surface area (Å²) in [6, 6.07) is 9.33. The van der Waals surface area contributed by atoms with E-state index in [-0.39, 0.29) is 11.8 Å². The lowest BCUT2D eigenvalue weighted by Gasteiger charge is -2.60. The number of nitrogens with zero attached hydrogens (tertiary/aromatic N) is 1. The van der Waals surface area contributed by atoms with E-state index in [9.17, 15) is 9.90 Å². The quantitative estimate of drug-likeness (QED) is 0.912. The van der Waals surface area contributed by atoms with Gasteiger partial charge in [-0.1, -0.05) is 24.3 Å². The van der Waals surface area contributed by atoms with E-state index in [1.54, 1.807) is 0 Å².